The summed E-state index contributed by atoms with van der Waals surface area (Å²) in [5.41, 5.74) is -2.23. The molecule has 0 aromatic carbocycles. The average molecular weight is 626 g/mol. The predicted octanol–water partition coefficient (Wildman–Crippen LogP) is -10.5. The number of halogens is 3. The maximum atomic E-state index is 6.33. The van der Waals surface area contributed by atoms with Gasteiger partial charge in [-0.2, -0.15) is 0 Å². The molecular formula is CH6I3NPb. The van der Waals surface area contributed by atoms with Gasteiger partial charge in [0, 0.05) is 0 Å². The SMILES string of the molecule is [2H]C([2H])([2H])[N+]([2H])([2H])[2H].[I-].[I-].[I-].[Pb+2]. The first kappa shape index (κ1) is 5.83. The fraction of sp³-hybridized carbons (Fsp3) is 1.00. The van der Waals surface area contributed by atoms with Gasteiger partial charge in [0.15, 0.2) is 0 Å². The van der Waals surface area contributed by atoms with E-state index in [4.69, 9.17) is 8.35 Å². The summed E-state index contributed by atoms with van der Waals surface area (Å²) in [7, 11) is 0. The normalized spacial score (nSPS) is 20.0. The van der Waals surface area contributed by atoms with E-state index >= 15 is 0 Å². The molecule has 3 N–H and O–H groups in total. The maximum absolute atomic E-state index is 6.33. The molecule has 5 heteroatoms. The molecule has 1 nitrogen and oxygen atoms in total. The van der Waals surface area contributed by atoms with Crippen LogP contribution in [0.1, 0.15) is 4.11 Å². The second-order valence-corrected chi connectivity index (χ2v) is 0. The Kier molecular flexibility index (Phi) is 41.5. The number of hydrogen-bond acceptors (Lipinski definition) is 0. The summed E-state index contributed by atoms with van der Waals surface area (Å²) in [6.07, 6.45) is 0. The molecule has 0 amide bonds. The summed E-state index contributed by atoms with van der Waals surface area (Å²) >= 11 is 0. The molecule has 0 aliphatic heterocycles. The van der Waals surface area contributed by atoms with Crippen LogP contribution in [0, 0.1) is 0 Å². The third kappa shape index (κ3) is 27.6. The zero-order valence-electron chi connectivity index (χ0n) is 8.58. The molecule has 0 atom stereocenters. The predicted molar refractivity (Wildman–Crippen MR) is 14.6 cm³/mol. The fourth-order valence-electron chi connectivity index (χ4n) is 0. The van der Waals surface area contributed by atoms with Crippen molar-refractivity contribution in [2.75, 3.05) is 6.98 Å². The minimum atomic E-state index is -2.88. The third-order valence-corrected chi connectivity index (χ3v) is 0. The van der Waals surface area contributed by atoms with Gasteiger partial charge in [0.05, 0.1) is 11.1 Å². The molecule has 0 aromatic heterocycles. The van der Waals surface area contributed by atoms with E-state index in [-0.39, 0.29) is 99.2 Å². The molecule has 0 unspecified atom stereocenters. The molecule has 0 rings (SSSR count). The maximum Gasteiger partial charge on any atom is 2.00 e. The first-order valence-corrected chi connectivity index (χ1v) is 0.224. The van der Waals surface area contributed by atoms with Crippen molar-refractivity contribution in [2.45, 2.75) is 0 Å². The summed E-state index contributed by atoms with van der Waals surface area (Å²) in [4.78, 5) is 0. The van der Waals surface area contributed by atoms with Crippen LogP contribution in [0.2, 0.25) is 4.24 Å². The van der Waals surface area contributed by atoms with Gasteiger partial charge in [-0.3, -0.25) is 0 Å². The molecule has 6 heavy (non-hydrogen) atoms. The van der Waals surface area contributed by atoms with Gasteiger partial charge >= 0.3 is 31.5 Å². The first-order valence-electron chi connectivity index (χ1n) is 3.07. The van der Waals surface area contributed by atoms with Gasteiger partial charge in [0.25, 0.3) is 0 Å². The van der Waals surface area contributed by atoms with E-state index in [1.807, 2.05) is 0 Å². The van der Waals surface area contributed by atoms with Crippen LogP contribution in [-0.2, 0) is 0 Å². The Morgan fingerprint density at radius 2 is 1.67 bits per heavy atom. The van der Waals surface area contributed by atoms with E-state index < -0.39 is 12.7 Å². The second-order valence-electron chi connectivity index (χ2n) is 0. The summed E-state index contributed by atoms with van der Waals surface area (Å²) in [5.74, 6) is 0. The van der Waals surface area contributed by atoms with Crippen molar-refractivity contribution < 1.29 is 86.0 Å². The molecule has 0 bridgehead atoms. The zero-order valence-corrected chi connectivity index (χ0v) is 12.9. The zero-order chi connectivity index (χ0) is 7.00. The summed E-state index contributed by atoms with van der Waals surface area (Å²) in [6.45, 7) is -2.88. The van der Waals surface area contributed by atoms with Crippen LogP contribution in [0.15, 0.2) is 0 Å². The number of hydrogen-bond donors (Lipinski definition) is 1. The van der Waals surface area contributed by atoms with Crippen LogP contribution in [-0.4, -0.2) is 34.3 Å². The molecule has 0 fully saturated rings. The molecule has 0 spiro atoms. The van der Waals surface area contributed by atoms with Crippen LogP contribution in [0.3, 0.4) is 0 Å². The van der Waals surface area contributed by atoms with Crippen molar-refractivity contribution in [3.63, 3.8) is 0 Å². The van der Waals surface area contributed by atoms with Gasteiger partial charge in [-0.1, -0.05) is 0 Å². The van der Waals surface area contributed by atoms with Crippen LogP contribution in [0.5, 0.6) is 0 Å². The minimum absolute atomic E-state index is 0. The van der Waals surface area contributed by atoms with Crippen LogP contribution >= 0.6 is 0 Å². The second kappa shape index (κ2) is 42.8. The molecule has 0 saturated heterocycles. The Morgan fingerprint density at radius 3 is 1.67 bits per heavy atom. The largest absolute Gasteiger partial charge is 2.00 e. The first-order chi connectivity index (χ1) is 3.25. The molecule has 0 aromatic rings. The Balaban J connectivity index is -0.0000000408. The number of quaternary nitrogens is 1. The fourth-order valence-corrected chi connectivity index (χ4v) is 0. The Hall–Kier alpha value is 3.07. The standard InChI is InChI=1S/CH5N.3HI.Pb/c1-2;;;;/h2H2,1H3;3*1H;/q;;;;+2/p-2/i1D3;;;;/hD3. The van der Waals surface area contributed by atoms with E-state index in [2.05, 4.69) is 0 Å². The van der Waals surface area contributed by atoms with E-state index in [0.29, 0.717) is 0 Å². The van der Waals surface area contributed by atoms with Crippen molar-refractivity contribution in [3.05, 3.63) is 0 Å². The van der Waals surface area contributed by atoms with Gasteiger partial charge < -0.3 is 77.6 Å². The third-order valence-electron chi connectivity index (χ3n) is 0. The average Bonchev–Trinajstić information content (AvgIpc) is 1.25. The minimum Gasteiger partial charge on any atom is -1.00 e. The number of rotatable bonds is 0. The Labute approximate surface area is 118 Å². The van der Waals surface area contributed by atoms with Crippen LogP contribution in [0.4, 0.5) is 0 Å². The van der Waals surface area contributed by atoms with E-state index in [0.717, 1.165) is 0 Å². The molecule has 0 aliphatic carbocycles. The Bertz CT molecular complexity index is 77.8. The van der Waals surface area contributed by atoms with E-state index in [1.54, 1.807) is 0 Å². The Morgan fingerprint density at radius 1 is 1.50 bits per heavy atom. The topological polar surface area (TPSA) is 27.6 Å². The van der Waals surface area contributed by atoms with Gasteiger partial charge in [-0.15, -0.1) is 0 Å². The van der Waals surface area contributed by atoms with Crippen molar-refractivity contribution in [1.29, 1.82) is 0 Å². The van der Waals surface area contributed by atoms with E-state index in [1.165, 1.54) is 0 Å². The van der Waals surface area contributed by atoms with Crippen LogP contribution in [0.25, 0.3) is 0 Å². The molecule has 40 valence electrons. The van der Waals surface area contributed by atoms with Crippen molar-refractivity contribution in [2.24, 2.45) is 0 Å². The molecular weight excluding hydrogens is 614 g/mol. The summed E-state index contributed by atoms with van der Waals surface area (Å²) in [6, 6.07) is 0. The monoisotopic (exact) mass is 627 g/mol. The van der Waals surface area contributed by atoms with Crippen LogP contribution < -0.4 is 77.6 Å². The summed E-state index contributed by atoms with van der Waals surface area (Å²) < 4.78 is 37.9. The summed E-state index contributed by atoms with van der Waals surface area (Å²) in [5, 5.41) is 0. The molecule has 2 radical (unpaired) electrons. The van der Waals surface area contributed by atoms with Gasteiger partial charge in [-0.05, 0) is 0 Å². The molecule has 0 heterocycles. The van der Waals surface area contributed by atoms with Gasteiger partial charge in [0.2, 0.25) is 0 Å². The molecule has 0 saturated carbocycles. The van der Waals surface area contributed by atoms with Gasteiger partial charge in [-0.25, -0.2) is 0 Å². The van der Waals surface area contributed by atoms with Crippen molar-refractivity contribution in [1.82, 2.24) is 0 Å². The molecule has 0 aliphatic rings. The van der Waals surface area contributed by atoms with E-state index in [9.17, 15) is 0 Å². The smallest absolute Gasteiger partial charge is 1.00 e. The van der Waals surface area contributed by atoms with Crippen molar-refractivity contribution >= 4 is 27.3 Å². The quantitative estimate of drug-likeness (QED) is 0.205. The van der Waals surface area contributed by atoms with Gasteiger partial charge in [0.1, 0.15) is 0 Å². The van der Waals surface area contributed by atoms with Crippen molar-refractivity contribution in [3.8, 4) is 0 Å².